The molecule has 8 nitrogen and oxygen atoms in total. The summed E-state index contributed by atoms with van der Waals surface area (Å²) in [7, 11) is -2.18. The van der Waals surface area contributed by atoms with Gasteiger partial charge < -0.3 is 9.05 Å². The van der Waals surface area contributed by atoms with Gasteiger partial charge in [-0.1, -0.05) is 28.5 Å². The van der Waals surface area contributed by atoms with Crippen LogP contribution in [0.2, 0.25) is 0 Å². The molecular weight excluding hydrogens is 344 g/mol. The third kappa shape index (κ3) is 3.47. The van der Waals surface area contributed by atoms with Gasteiger partial charge in [-0.05, 0) is 26.0 Å². The second-order valence-corrected chi connectivity index (χ2v) is 7.59. The number of aryl methyl sites for hydroxylation is 2. The minimum absolute atomic E-state index is 0.105. The molecule has 0 aliphatic carbocycles. The molecule has 1 aromatic carbocycles. The van der Waals surface area contributed by atoms with Crippen molar-refractivity contribution >= 4 is 10.0 Å². The fourth-order valence-electron chi connectivity index (χ4n) is 2.43. The van der Waals surface area contributed by atoms with Crippen molar-refractivity contribution in [2.45, 2.75) is 25.2 Å². The fraction of sp³-hybridized carbons (Fsp3) is 0.312. The topological polar surface area (TPSA) is 102 Å². The third-order valence-electron chi connectivity index (χ3n) is 3.78. The van der Waals surface area contributed by atoms with E-state index in [9.17, 15) is 8.42 Å². The number of hydrogen-bond donors (Lipinski definition) is 0. The third-order valence-corrected chi connectivity index (χ3v) is 5.88. The minimum atomic E-state index is -3.68. The van der Waals surface area contributed by atoms with Gasteiger partial charge in [0.2, 0.25) is 10.0 Å². The van der Waals surface area contributed by atoms with Crippen molar-refractivity contribution in [1.82, 2.24) is 19.6 Å². The van der Waals surface area contributed by atoms with Crippen molar-refractivity contribution in [2.75, 3.05) is 13.6 Å². The SMILES string of the molecule is Cc1noc(C)c1S(=O)(=O)N(C)CCc1noc(-c2ccccc2)n1. The van der Waals surface area contributed by atoms with E-state index in [1.807, 2.05) is 30.3 Å². The van der Waals surface area contributed by atoms with E-state index in [0.29, 0.717) is 23.8 Å². The molecule has 0 saturated carbocycles. The van der Waals surface area contributed by atoms with Crippen LogP contribution in [-0.4, -0.2) is 41.6 Å². The summed E-state index contributed by atoms with van der Waals surface area (Å²) in [6.07, 6.45) is 0.329. The lowest BCUT2D eigenvalue weighted by Gasteiger charge is -2.15. The van der Waals surface area contributed by atoms with E-state index in [0.717, 1.165) is 5.56 Å². The van der Waals surface area contributed by atoms with Gasteiger partial charge in [0.15, 0.2) is 11.6 Å². The molecule has 0 saturated heterocycles. The molecule has 0 aliphatic heterocycles. The number of hydrogen-bond acceptors (Lipinski definition) is 7. The van der Waals surface area contributed by atoms with Gasteiger partial charge >= 0.3 is 0 Å². The first-order valence-corrected chi connectivity index (χ1v) is 9.11. The van der Waals surface area contributed by atoms with Crippen LogP contribution in [0.25, 0.3) is 11.5 Å². The Bertz CT molecular complexity index is 944. The van der Waals surface area contributed by atoms with Gasteiger partial charge in [-0.15, -0.1) is 0 Å². The van der Waals surface area contributed by atoms with Crippen LogP contribution in [0.5, 0.6) is 0 Å². The molecule has 0 radical (unpaired) electrons. The summed E-state index contributed by atoms with van der Waals surface area (Å²) >= 11 is 0. The zero-order valence-corrected chi connectivity index (χ0v) is 14.9. The Morgan fingerprint density at radius 1 is 1.08 bits per heavy atom. The number of nitrogens with zero attached hydrogens (tertiary/aromatic N) is 4. The molecule has 3 aromatic rings. The number of aromatic nitrogens is 3. The molecule has 0 amide bonds. The second kappa shape index (κ2) is 6.77. The highest BCUT2D eigenvalue weighted by Gasteiger charge is 2.28. The quantitative estimate of drug-likeness (QED) is 0.662. The van der Waals surface area contributed by atoms with Gasteiger partial charge in [0, 0.05) is 25.6 Å². The average molecular weight is 362 g/mol. The Hall–Kier alpha value is -2.52. The smallest absolute Gasteiger partial charge is 0.257 e. The first-order valence-electron chi connectivity index (χ1n) is 7.67. The van der Waals surface area contributed by atoms with Gasteiger partial charge in [-0.3, -0.25) is 0 Å². The number of sulfonamides is 1. The first-order chi connectivity index (χ1) is 11.9. The second-order valence-electron chi connectivity index (χ2n) is 5.61. The Morgan fingerprint density at radius 3 is 2.44 bits per heavy atom. The summed E-state index contributed by atoms with van der Waals surface area (Å²) in [5.74, 6) is 1.13. The molecule has 0 atom stereocenters. The van der Waals surface area contributed by atoms with Crippen LogP contribution in [0.15, 0.2) is 44.3 Å². The molecule has 0 bridgehead atoms. The molecule has 9 heteroatoms. The van der Waals surface area contributed by atoms with Crippen molar-refractivity contribution < 1.29 is 17.5 Å². The predicted octanol–water partition coefficient (Wildman–Crippen LogP) is 2.20. The highest BCUT2D eigenvalue weighted by atomic mass is 32.2. The normalized spacial score (nSPS) is 12.0. The van der Waals surface area contributed by atoms with Crippen molar-refractivity contribution in [1.29, 1.82) is 0 Å². The van der Waals surface area contributed by atoms with Gasteiger partial charge in [-0.25, -0.2) is 12.7 Å². The zero-order valence-electron chi connectivity index (χ0n) is 14.1. The first kappa shape index (κ1) is 17.3. The predicted molar refractivity (Wildman–Crippen MR) is 89.2 cm³/mol. The Morgan fingerprint density at radius 2 is 1.80 bits per heavy atom. The van der Waals surface area contributed by atoms with Crippen molar-refractivity contribution in [3.63, 3.8) is 0 Å². The molecule has 132 valence electrons. The van der Waals surface area contributed by atoms with Gasteiger partial charge in [0.05, 0.1) is 0 Å². The maximum Gasteiger partial charge on any atom is 0.257 e. The van der Waals surface area contributed by atoms with E-state index in [4.69, 9.17) is 9.05 Å². The van der Waals surface area contributed by atoms with Crippen molar-refractivity contribution in [3.05, 3.63) is 47.6 Å². The van der Waals surface area contributed by atoms with Crippen LogP contribution in [0, 0.1) is 13.8 Å². The monoisotopic (exact) mass is 362 g/mol. The van der Waals surface area contributed by atoms with Gasteiger partial charge in [0.1, 0.15) is 10.6 Å². The molecule has 0 N–H and O–H groups in total. The summed E-state index contributed by atoms with van der Waals surface area (Å²) in [6.45, 7) is 3.38. The summed E-state index contributed by atoms with van der Waals surface area (Å²) in [5.41, 5.74) is 1.16. The van der Waals surface area contributed by atoms with Crippen molar-refractivity contribution in [3.8, 4) is 11.5 Å². The van der Waals surface area contributed by atoms with E-state index in [1.54, 1.807) is 13.8 Å². The van der Waals surface area contributed by atoms with Crippen LogP contribution in [0.4, 0.5) is 0 Å². The van der Waals surface area contributed by atoms with Crippen LogP contribution in [0.3, 0.4) is 0 Å². The maximum atomic E-state index is 12.6. The van der Waals surface area contributed by atoms with E-state index in [1.165, 1.54) is 11.4 Å². The number of benzene rings is 1. The highest BCUT2D eigenvalue weighted by Crippen LogP contribution is 2.22. The van der Waals surface area contributed by atoms with Crippen LogP contribution in [0.1, 0.15) is 17.3 Å². The number of rotatable bonds is 6. The molecule has 2 aromatic heterocycles. The Kier molecular flexibility index (Phi) is 4.69. The highest BCUT2D eigenvalue weighted by molar-refractivity contribution is 7.89. The zero-order chi connectivity index (χ0) is 18.0. The Balaban J connectivity index is 1.71. The lowest BCUT2D eigenvalue weighted by molar-refractivity contribution is 0.389. The minimum Gasteiger partial charge on any atom is -0.360 e. The van der Waals surface area contributed by atoms with E-state index in [2.05, 4.69) is 15.3 Å². The maximum absolute atomic E-state index is 12.6. The summed E-state index contributed by atoms with van der Waals surface area (Å²) in [5, 5.41) is 7.61. The standard InChI is InChI=1S/C16H18N4O4S/c1-11-15(12(2)23-18-11)25(21,22)20(3)10-9-14-17-16(24-19-14)13-7-5-4-6-8-13/h4-8H,9-10H2,1-3H3. The van der Waals surface area contributed by atoms with Gasteiger partial charge in [-0.2, -0.15) is 4.98 Å². The van der Waals surface area contributed by atoms with Gasteiger partial charge in [0.25, 0.3) is 5.89 Å². The van der Waals surface area contributed by atoms with E-state index >= 15 is 0 Å². The average Bonchev–Trinajstić information content (AvgIpc) is 3.20. The molecule has 25 heavy (non-hydrogen) atoms. The molecule has 0 fully saturated rings. The van der Waals surface area contributed by atoms with E-state index < -0.39 is 10.0 Å². The summed E-state index contributed by atoms with van der Waals surface area (Å²) in [6, 6.07) is 9.39. The lowest BCUT2D eigenvalue weighted by Crippen LogP contribution is -2.30. The fourth-order valence-corrected chi connectivity index (χ4v) is 3.88. The molecule has 3 rings (SSSR count). The summed E-state index contributed by atoms with van der Waals surface area (Å²) in [4.78, 5) is 4.41. The van der Waals surface area contributed by atoms with Crippen LogP contribution < -0.4 is 0 Å². The lowest BCUT2D eigenvalue weighted by atomic mass is 10.2. The Labute approximate surface area is 145 Å². The molecule has 2 heterocycles. The molecular formula is C16H18N4O4S. The summed E-state index contributed by atoms with van der Waals surface area (Å²) < 4.78 is 36.7. The van der Waals surface area contributed by atoms with Crippen LogP contribution >= 0.6 is 0 Å². The van der Waals surface area contributed by atoms with Crippen molar-refractivity contribution in [2.24, 2.45) is 0 Å². The molecule has 0 spiro atoms. The molecule has 0 unspecified atom stereocenters. The largest absolute Gasteiger partial charge is 0.360 e. The molecule has 0 aliphatic rings. The van der Waals surface area contributed by atoms with E-state index in [-0.39, 0.29) is 17.2 Å². The number of likely N-dealkylation sites (N-methyl/N-ethyl adjacent to an activating group) is 1. The van der Waals surface area contributed by atoms with Crippen LogP contribution in [-0.2, 0) is 16.4 Å².